The van der Waals surface area contributed by atoms with Gasteiger partial charge in [-0.3, -0.25) is 9.59 Å². The summed E-state index contributed by atoms with van der Waals surface area (Å²) in [6.45, 7) is 2.98. The van der Waals surface area contributed by atoms with Gasteiger partial charge in [-0.05, 0) is 68.2 Å². The Hall–Kier alpha value is -3.24. The van der Waals surface area contributed by atoms with E-state index in [1.54, 1.807) is 23.1 Å². The van der Waals surface area contributed by atoms with Crippen molar-refractivity contribution in [1.29, 1.82) is 0 Å². The van der Waals surface area contributed by atoms with Crippen LogP contribution in [0.25, 0.3) is 0 Å². The number of piperidine rings is 2. The molecular weight excluding hydrogens is 720 g/mol. The highest BCUT2D eigenvalue weighted by molar-refractivity contribution is 6.42. The molecule has 7 nitrogen and oxygen atoms in total. The average molecular weight is 753 g/mol. The van der Waals surface area contributed by atoms with Crippen molar-refractivity contribution >= 4 is 41.0 Å². The molecule has 2 saturated heterocycles. The van der Waals surface area contributed by atoms with E-state index in [-0.39, 0.29) is 41.5 Å². The van der Waals surface area contributed by atoms with Crippen LogP contribution in [0, 0.1) is 0 Å². The molecule has 2 aliphatic rings. The van der Waals surface area contributed by atoms with Crippen LogP contribution < -0.4 is 0 Å². The number of benzene rings is 2. The van der Waals surface area contributed by atoms with Gasteiger partial charge in [-0.1, -0.05) is 35.7 Å². The highest BCUT2D eigenvalue weighted by Gasteiger charge is 2.41. The maximum absolute atomic E-state index is 13.5. The monoisotopic (exact) mass is 751 g/mol. The normalized spacial score (nSPS) is 19.1. The van der Waals surface area contributed by atoms with Gasteiger partial charge in [0.05, 0.1) is 21.2 Å². The lowest BCUT2D eigenvalue weighted by Crippen LogP contribution is -2.52. The number of nitrogens with zero attached hydrogens (tertiary/aromatic N) is 3. The number of aliphatic carboxylic acids is 1. The molecule has 0 saturated carbocycles. The zero-order chi connectivity index (χ0) is 36.9. The summed E-state index contributed by atoms with van der Waals surface area (Å²) in [6, 6.07) is 5.07. The van der Waals surface area contributed by atoms with Gasteiger partial charge in [-0.15, -0.1) is 0 Å². The minimum absolute atomic E-state index is 0.0106. The molecule has 2 aromatic carbocycles. The number of carboxylic acids is 1. The Balaban J connectivity index is 0.000000838. The number of likely N-dealkylation sites (N-methyl/N-ethyl adjacent to an activating group) is 1. The van der Waals surface area contributed by atoms with Crippen LogP contribution >= 0.6 is 23.2 Å². The molecule has 0 radical (unpaired) electrons. The van der Waals surface area contributed by atoms with E-state index in [0.717, 1.165) is 25.9 Å². The molecule has 2 aliphatic heterocycles. The van der Waals surface area contributed by atoms with Gasteiger partial charge in [0.25, 0.3) is 5.91 Å². The quantitative estimate of drug-likeness (QED) is 0.303. The van der Waals surface area contributed by atoms with Crippen molar-refractivity contribution in [3.8, 4) is 0 Å². The number of halogens is 11. The number of carboxylic acid groups (broad SMARTS) is 1. The fourth-order valence-corrected chi connectivity index (χ4v) is 6.03. The predicted octanol–water partition coefficient (Wildman–Crippen LogP) is 8.00. The molecule has 18 heteroatoms. The molecule has 2 heterocycles. The number of hydrogen-bond acceptors (Lipinski definition) is 4. The lowest BCUT2D eigenvalue weighted by molar-refractivity contribution is -0.192. The topological polar surface area (TPSA) is 81.2 Å². The van der Waals surface area contributed by atoms with E-state index in [1.165, 1.54) is 18.4 Å². The van der Waals surface area contributed by atoms with Gasteiger partial charge in [-0.25, -0.2) is 4.79 Å². The first-order valence-electron chi connectivity index (χ1n) is 14.9. The summed E-state index contributed by atoms with van der Waals surface area (Å²) in [5, 5.41) is 7.65. The Morgan fingerprint density at radius 2 is 1.39 bits per heavy atom. The Morgan fingerprint density at radius 1 is 0.837 bits per heavy atom. The van der Waals surface area contributed by atoms with E-state index >= 15 is 0 Å². The highest BCUT2D eigenvalue weighted by atomic mass is 35.5. The largest absolute Gasteiger partial charge is 0.490 e. The van der Waals surface area contributed by atoms with Crippen molar-refractivity contribution in [3.63, 3.8) is 0 Å². The maximum Gasteiger partial charge on any atom is 0.490 e. The van der Waals surface area contributed by atoms with E-state index in [2.05, 4.69) is 4.90 Å². The van der Waals surface area contributed by atoms with Crippen molar-refractivity contribution in [1.82, 2.24) is 14.7 Å². The molecule has 2 atom stereocenters. The minimum atomic E-state index is -5.09. The number of alkyl halides is 9. The molecular formula is C31H32Cl2F9N3O4. The molecule has 0 aliphatic carbocycles. The van der Waals surface area contributed by atoms with Crippen LogP contribution in [0.1, 0.15) is 65.1 Å². The first-order valence-corrected chi connectivity index (χ1v) is 15.7. The third-order valence-electron chi connectivity index (χ3n) is 8.29. The summed E-state index contributed by atoms with van der Waals surface area (Å²) < 4.78 is 112. The van der Waals surface area contributed by atoms with E-state index in [0.29, 0.717) is 30.7 Å². The van der Waals surface area contributed by atoms with Crippen molar-refractivity contribution < 1.29 is 59.0 Å². The standard InChI is InChI=1S/C29H31Cl2F6N3O2.C2HF3O2/c1-38(27(42)19-13-20(28(32,33)34)16-21(14-19)29(35,36)37)25-7-12-40(26(41)8-11-39-9-3-2-4-10-39)17-22(25)18-5-6-23(30)24(31)15-18;3-2(4,5)1(6)7/h5-6,13-16,22,25H,2-4,7-12,17H2,1H3;(H,6,7)/t22-,25+;/m0./s1. The molecule has 1 N–H and O–H groups in total. The number of amides is 2. The molecule has 4 rings (SSSR count). The molecule has 0 spiro atoms. The van der Waals surface area contributed by atoms with Crippen molar-refractivity contribution in [2.24, 2.45) is 0 Å². The van der Waals surface area contributed by atoms with Crippen LogP contribution in [-0.4, -0.2) is 89.6 Å². The van der Waals surface area contributed by atoms with E-state index in [9.17, 15) is 49.1 Å². The lowest BCUT2D eigenvalue weighted by atomic mass is 9.84. The zero-order valence-corrected chi connectivity index (χ0v) is 27.4. The minimum Gasteiger partial charge on any atom is -0.475 e. The van der Waals surface area contributed by atoms with E-state index in [4.69, 9.17) is 33.1 Å². The molecule has 2 aromatic rings. The van der Waals surface area contributed by atoms with Gasteiger partial charge in [0.15, 0.2) is 0 Å². The van der Waals surface area contributed by atoms with Crippen LogP contribution in [0.3, 0.4) is 0 Å². The van der Waals surface area contributed by atoms with E-state index in [1.807, 2.05) is 0 Å². The second-order valence-corrected chi connectivity index (χ2v) is 12.5. The molecule has 272 valence electrons. The Bertz CT molecular complexity index is 1460. The third kappa shape index (κ3) is 11.1. The summed E-state index contributed by atoms with van der Waals surface area (Å²) in [5.74, 6) is -4.33. The fraction of sp³-hybridized carbons (Fsp3) is 0.516. The van der Waals surface area contributed by atoms with Gasteiger partial charge in [0, 0.05) is 50.6 Å². The zero-order valence-electron chi connectivity index (χ0n) is 25.9. The summed E-state index contributed by atoms with van der Waals surface area (Å²) in [7, 11) is 1.35. The Morgan fingerprint density at radius 3 is 1.88 bits per heavy atom. The first kappa shape index (κ1) is 40.2. The van der Waals surface area contributed by atoms with Gasteiger partial charge in [0.1, 0.15) is 0 Å². The molecule has 0 bridgehead atoms. The van der Waals surface area contributed by atoms with Crippen LogP contribution in [0.4, 0.5) is 39.5 Å². The van der Waals surface area contributed by atoms with Crippen LogP contribution in [0.15, 0.2) is 36.4 Å². The fourth-order valence-electron chi connectivity index (χ4n) is 5.73. The number of carbonyl (C=O) groups is 3. The molecule has 2 amide bonds. The summed E-state index contributed by atoms with van der Waals surface area (Å²) >= 11 is 12.4. The molecule has 2 fully saturated rings. The van der Waals surface area contributed by atoms with Crippen molar-refractivity contribution in [2.45, 2.75) is 62.6 Å². The maximum atomic E-state index is 13.5. The highest BCUT2D eigenvalue weighted by Crippen LogP contribution is 2.38. The van der Waals surface area contributed by atoms with Crippen LogP contribution in [0.5, 0.6) is 0 Å². The van der Waals surface area contributed by atoms with Crippen molar-refractivity contribution in [2.75, 3.05) is 39.8 Å². The van der Waals surface area contributed by atoms with Gasteiger partial charge in [-0.2, -0.15) is 39.5 Å². The molecule has 0 aromatic heterocycles. The summed E-state index contributed by atoms with van der Waals surface area (Å²) in [6.07, 6.45) is -11.3. The Labute approximate surface area is 285 Å². The second kappa shape index (κ2) is 16.2. The number of carbonyl (C=O) groups excluding carboxylic acids is 2. The third-order valence-corrected chi connectivity index (χ3v) is 9.03. The van der Waals surface area contributed by atoms with Gasteiger partial charge in [0.2, 0.25) is 5.91 Å². The Kier molecular flexibility index (Phi) is 13.3. The lowest BCUT2D eigenvalue weighted by Gasteiger charge is -2.43. The number of likely N-dealkylation sites (tertiary alicyclic amines) is 2. The van der Waals surface area contributed by atoms with Gasteiger partial charge >= 0.3 is 24.5 Å². The van der Waals surface area contributed by atoms with Crippen LogP contribution in [0.2, 0.25) is 10.0 Å². The number of hydrogen-bond donors (Lipinski definition) is 1. The van der Waals surface area contributed by atoms with Gasteiger partial charge < -0.3 is 19.8 Å². The predicted molar refractivity (Wildman–Crippen MR) is 161 cm³/mol. The average Bonchev–Trinajstić information content (AvgIpc) is 3.03. The summed E-state index contributed by atoms with van der Waals surface area (Å²) in [5.41, 5.74) is -3.22. The van der Waals surface area contributed by atoms with Crippen molar-refractivity contribution in [3.05, 3.63) is 68.7 Å². The number of rotatable bonds is 6. The molecule has 49 heavy (non-hydrogen) atoms. The van der Waals surface area contributed by atoms with E-state index < -0.39 is 59.1 Å². The smallest absolute Gasteiger partial charge is 0.475 e. The SMILES string of the molecule is CN(C(=O)c1cc(C(F)(F)F)cc(C(F)(F)F)c1)[C@@H]1CCN(C(=O)CCN2CCCCC2)C[C@H]1c1ccc(Cl)c(Cl)c1.O=C(O)C(F)(F)F. The first-order chi connectivity index (χ1) is 22.6. The summed E-state index contributed by atoms with van der Waals surface area (Å²) in [4.78, 5) is 40.6. The van der Waals surface area contributed by atoms with Crippen LogP contribution in [-0.2, 0) is 21.9 Å². The molecule has 0 unspecified atom stereocenters. The second-order valence-electron chi connectivity index (χ2n) is 11.6.